The van der Waals surface area contributed by atoms with E-state index in [0.717, 1.165) is 10.8 Å². The summed E-state index contributed by atoms with van der Waals surface area (Å²) in [5.41, 5.74) is 6.09. The predicted octanol–water partition coefficient (Wildman–Crippen LogP) is 13.9. The summed E-state index contributed by atoms with van der Waals surface area (Å²) in [5.74, 6) is 0. The van der Waals surface area contributed by atoms with E-state index in [-0.39, 0.29) is 0 Å². The van der Waals surface area contributed by atoms with E-state index in [9.17, 15) is 0 Å². The number of hydrogen-bond acceptors (Lipinski definition) is 0. The van der Waals surface area contributed by atoms with Crippen LogP contribution in [0.1, 0.15) is 202 Å². The average Bonchev–Trinajstić information content (AvgIpc) is 3.19. The van der Waals surface area contributed by atoms with Crippen LogP contribution >= 0.6 is 0 Å². The van der Waals surface area contributed by atoms with E-state index in [0.29, 0.717) is 48.7 Å². The maximum absolute atomic E-state index is 2.50. The fourth-order valence-corrected chi connectivity index (χ4v) is 13.5. The summed E-state index contributed by atoms with van der Waals surface area (Å²) in [7, 11) is 0. The molecule has 0 heteroatoms. The standard InChI is InChI=1S/C16H28.C14H28.C11H22/c1-12(2,3)16(13(4,5)6)11-14-7-8-15(16,9-14)10-14;1-12(2,3)14(13(4,5)6)10-8-7-9-11-14;1-9(2,3)11(7-8-11)10(4,5)6/h7-11H2,1-6H3;7-11H2,1-6H3;7-8H2,1-6H3. The van der Waals surface area contributed by atoms with Crippen molar-refractivity contribution in [2.45, 2.75) is 202 Å². The topological polar surface area (TPSA) is 0 Å². The van der Waals surface area contributed by atoms with Gasteiger partial charge in [-0.3, -0.25) is 0 Å². The Morgan fingerprint density at radius 1 is 0.317 bits per heavy atom. The summed E-state index contributed by atoms with van der Waals surface area (Å²) in [6.07, 6.45) is 17.8. The first-order valence-corrected chi connectivity index (χ1v) is 18.0. The molecular formula is C41H78. The van der Waals surface area contributed by atoms with E-state index >= 15 is 0 Å². The third kappa shape index (κ3) is 5.44. The van der Waals surface area contributed by atoms with Crippen LogP contribution in [-0.2, 0) is 0 Å². The molecule has 41 heavy (non-hydrogen) atoms. The molecule has 0 N–H and O–H groups in total. The van der Waals surface area contributed by atoms with E-state index in [1.165, 1.54) is 57.8 Å². The summed E-state index contributed by atoms with van der Waals surface area (Å²) in [6, 6.07) is 0. The van der Waals surface area contributed by atoms with Crippen molar-refractivity contribution in [3.63, 3.8) is 0 Å². The molecule has 0 spiro atoms. The maximum Gasteiger partial charge on any atom is -0.0138 e. The van der Waals surface area contributed by atoms with E-state index in [1.807, 2.05) is 0 Å². The zero-order valence-corrected chi connectivity index (χ0v) is 32.0. The third-order valence-corrected chi connectivity index (χ3v) is 14.9. The van der Waals surface area contributed by atoms with Crippen LogP contribution in [0.25, 0.3) is 0 Å². The van der Waals surface area contributed by atoms with Gasteiger partial charge in [0.2, 0.25) is 0 Å². The lowest BCUT2D eigenvalue weighted by molar-refractivity contribution is -0.117. The summed E-state index contributed by atoms with van der Waals surface area (Å²) >= 11 is 0. The first-order chi connectivity index (χ1) is 18.0. The van der Waals surface area contributed by atoms with Crippen LogP contribution in [0.3, 0.4) is 0 Å². The highest BCUT2D eigenvalue weighted by atomic mass is 14.8. The molecule has 7 aliphatic rings. The Kier molecular flexibility index (Phi) is 8.65. The van der Waals surface area contributed by atoms with Crippen LogP contribution in [0, 0.1) is 59.6 Å². The fourth-order valence-electron chi connectivity index (χ4n) is 13.5. The molecule has 0 unspecified atom stereocenters. The predicted molar refractivity (Wildman–Crippen MR) is 184 cm³/mol. The van der Waals surface area contributed by atoms with Crippen molar-refractivity contribution in [1.29, 1.82) is 0 Å². The molecule has 0 saturated heterocycles. The normalized spacial score (nSPS) is 31.8. The molecule has 0 aromatic carbocycles. The van der Waals surface area contributed by atoms with Gasteiger partial charge in [-0.25, -0.2) is 0 Å². The van der Waals surface area contributed by atoms with Gasteiger partial charge in [0.15, 0.2) is 0 Å². The molecule has 0 aromatic rings. The smallest absolute Gasteiger partial charge is 0.0138 e. The molecule has 0 heterocycles. The van der Waals surface area contributed by atoms with Crippen LogP contribution in [0.2, 0.25) is 0 Å². The summed E-state index contributed by atoms with van der Waals surface area (Å²) in [6.45, 7) is 43.9. The molecule has 7 saturated carbocycles. The van der Waals surface area contributed by atoms with Gasteiger partial charge in [0.1, 0.15) is 0 Å². The Bertz CT molecular complexity index is 851. The monoisotopic (exact) mass is 571 g/mol. The molecule has 0 atom stereocenters. The molecule has 0 nitrogen and oxygen atoms in total. The van der Waals surface area contributed by atoms with Gasteiger partial charge >= 0.3 is 0 Å². The molecular weight excluding hydrogens is 492 g/mol. The molecule has 0 aromatic heterocycles. The van der Waals surface area contributed by atoms with Gasteiger partial charge in [-0.15, -0.1) is 0 Å². The number of fused-ring (bicyclic) bond motifs is 2. The van der Waals surface area contributed by atoms with Crippen LogP contribution in [-0.4, -0.2) is 0 Å². The minimum absolute atomic E-state index is 0.450. The van der Waals surface area contributed by atoms with Crippen LogP contribution in [0.5, 0.6) is 0 Å². The van der Waals surface area contributed by atoms with E-state index in [1.54, 1.807) is 19.3 Å². The average molecular weight is 571 g/mol. The Balaban J connectivity index is 0.000000173. The quantitative estimate of drug-likeness (QED) is 0.272. The SMILES string of the molecule is CC(C)(C)C1(C(C)(C)C)CC1.CC(C)(C)C1(C(C)(C)C)CC23CCC1(C2)C3.CC(C)(C)C1(C(C)(C)C)CCCCC1. The Labute approximate surface area is 260 Å². The zero-order valence-electron chi connectivity index (χ0n) is 32.0. The number of rotatable bonds is 0. The van der Waals surface area contributed by atoms with Crippen molar-refractivity contribution in [3.05, 3.63) is 0 Å². The first kappa shape index (κ1) is 35.5. The van der Waals surface area contributed by atoms with Crippen molar-refractivity contribution < 1.29 is 0 Å². The van der Waals surface area contributed by atoms with Crippen molar-refractivity contribution in [2.75, 3.05) is 0 Å². The second-order valence-electron chi connectivity index (χ2n) is 22.4. The first-order valence-electron chi connectivity index (χ1n) is 18.0. The lowest BCUT2D eigenvalue weighted by Crippen LogP contribution is -2.53. The fraction of sp³-hybridized carbons (Fsp3) is 1.00. The Morgan fingerprint density at radius 3 is 0.805 bits per heavy atom. The highest BCUT2D eigenvalue weighted by molar-refractivity contribution is 5.30. The Hall–Kier alpha value is 0. The summed E-state index contributed by atoms with van der Waals surface area (Å²) in [4.78, 5) is 0. The molecule has 2 bridgehead atoms. The lowest BCUT2D eigenvalue weighted by atomic mass is 9.44. The Morgan fingerprint density at radius 2 is 0.659 bits per heavy atom. The molecule has 7 fully saturated rings. The van der Waals surface area contributed by atoms with Gasteiger partial charge < -0.3 is 0 Å². The van der Waals surface area contributed by atoms with Gasteiger partial charge in [-0.1, -0.05) is 144 Å². The van der Waals surface area contributed by atoms with Crippen molar-refractivity contribution in [2.24, 2.45) is 59.6 Å². The third-order valence-electron chi connectivity index (χ3n) is 14.9. The summed E-state index contributed by atoms with van der Waals surface area (Å²) < 4.78 is 0. The minimum atomic E-state index is 0.450. The van der Waals surface area contributed by atoms with Gasteiger partial charge in [-0.05, 0) is 117 Å². The molecule has 0 amide bonds. The maximum atomic E-state index is 2.50. The van der Waals surface area contributed by atoms with E-state index in [2.05, 4.69) is 125 Å². The van der Waals surface area contributed by atoms with Crippen molar-refractivity contribution in [3.8, 4) is 0 Å². The van der Waals surface area contributed by atoms with Gasteiger partial charge in [0, 0.05) is 0 Å². The van der Waals surface area contributed by atoms with Crippen LogP contribution in [0.15, 0.2) is 0 Å². The van der Waals surface area contributed by atoms with E-state index in [4.69, 9.17) is 0 Å². The molecule has 0 radical (unpaired) electrons. The second kappa shape index (κ2) is 10.0. The molecule has 242 valence electrons. The molecule has 7 aliphatic carbocycles. The summed E-state index contributed by atoms with van der Waals surface area (Å²) in [5, 5.41) is 0. The van der Waals surface area contributed by atoms with Crippen LogP contribution in [0.4, 0.5) is 0 Å². The second-order valence-corrected chi connectivity index (χ2v) is 22.4. The van der Waals surface area contributed by atoms with Gasteiger partial charge in [0.05, 0.1) is 0 Å². The number of hydrogen-bond donors (Lipinski definition) is 0. The largest absolute Gasteiger partial charge is 0.0596 e. The molecule has 7 rings (SSSR count). The zero-order chi connectivity index (χ0) is 32.0. The lowest BCUT2D eigenvalue weighted by Gasteiger charge is -2.60. The minimum Gasteiger partial charge on any atom is -0.0596 e. The van der Waals surface area contributed by atoms with Crippen molar-refractivity contribution >= 4 is 0 Å². The highest BCUT2D eigenvalue weighted by Gasteiger charge is 2.81. The molecule has 0 aliphatic heterocycles. The van der Waals surface area contributed by atoms with Gasteiger partial charge in [0.25, 0.3) is 0 Å². The van der Waals surface area contributed by atoms with Crippen molar-refractivity contribution in [1.82, 2.24) is 0 Å². The highest BCUT2D eigenvalue weighted by Crippen LogP contribution is 2.90. The van der Waals surface area contributed by atoms with Gasteiger partial charge in [-0.2, -0.15) is 0 Å². The van der Waals surface area contributed by atoms with Crippen LogP contribution < -0.4 is 0 Å². The van der Waals surface area contributed by atoms with E-state index < -0.39 is 0 Å².